The minimum absolute atomic E-state index is 0.328. The van der Waals surface area contributed by atoms with E-state index in [-0.39, 0.29) is 0 Å². The van der Waals surface area contributed by atoms with E-state index in [2.05, 4.69) is 4.89 Å². The van der Waals surface area contributed by atoms with Crippen molar-refractivity contribution in [2.75, 3.05) is 6.54 Å². The molecule has 0 bridgehead atoms. The summed E-state index contributed by atoms with van der Waals surface area (Å²) >= 11 is 0. The fraction of sp³-hybridized carbons (Fsp3) is 0.273. The molecular weight excluding hydrogens is 322 g/mol. The second kappa shape index (κ2) is 9.68. The third-order valence-corrected chi connectivity index (χ3v) is 1.86. The molecule has 5 N–H and O–H groups in total. The van der Waals surface area contributed by atoms with Crippen LogP contribution < -0.4 is 10.6 Å². The number of rotatable bonds is 6. The number of benzene rings is 1. The van der Waals surface area contributed by atoms with Crippen molar-refractivity contribution < 1.29 is 42.0 Å². The Labute approximate surface area is 126 Å². The molecule has 0 saturated carbocycles. The fourth-order valence-electron chi connectivity index (χ4n) is 1.17. The van der Waals surface area contributed by atoms with Gasteiger partial charge in [-0.1, -0.05) is 12.1 Å². The van der Waals surface area contributed by atoms with Gasteiger partial charge in [-0.2, -0.15) is 8.42 Å². The number of hydrogen-bond donors (Lipinski definition) is 4. The van der Waals surface area contributed by atoms with Gasteiger partial charge in [0.25, 0.3) is 0 Å². The van der Waals surface area contributed by atoms with Crippen LogP contribution in [0, 0.1) is 0 Å². The maximum Gasteiger partial charge on any atom is 0.394 e. The van der Waals surface area contributed by atoms with Crippen LogP contribution >= 0.6 is 0 Å². The highest BCUT2D eigenvalue weighted by atomic mass is 32.3. The average molecular weight is 337 g/mol. The van der Waals surface area contributed by atoms with Crippen molar-refractivity contribution >= 4 is 22.3 Å². The summed E-state index contributed by atoms with van der Waals surface area (Å²) in [6.07, 6.45) is -0.0528. The molecular formula is C11H15NO9S. The molecule has 0 spiro atoms. The van der Waals surface area contributed by atoms with E-state index in [0.29, 0.717) is 18.7 Å². The van der Waals surface area contributed by atoms with Gasteiger partial charge in [0.2, 0.25) is 0 Å². The molecule has 0 amide bonds. The lowest BCUT2D eigenvalue weighted by atomic mass is 10.1. The first-order valence-corrected chi connectivity index (χ1v) is 7.09. The monoisotopic (exact) mass is 337 g/mol. The number of carbonyl (C=O) groups is 2. The topological polar surface area (TPSA) is 173 Å². The first-order valence-electron chi connectivity index (χ1n) is 5.70. The molecule has 1 aromatic rings. The summed E-state index contributed by atoms with van der Waals surface area (Å²) in [5, 5.41) is 8.32. The minimum atomic E-state index is -4.67. The lowest BCUT2D eigenvalue weighted by Crippen LogP contribution is -2.12. The number of hydrogen-bond acceptors (Lipinski definition) is 7. The van der Waals surface area contributed by atoms with E-state index in [0.717, 1.165) is 5.56 Å². The van der Waals surface area contributed by atoms with E-state index < -0.39 is 28.8 Å². The molecule has 0 aliphatic rings. The highest BCUT2D eigenvalue weighted by molar-refractivity contribution is 7.79. The summed E-state index contributed by atoms with van der Waals surface area (Å²) in [7, 11) is -4.67. The molecule has 10 nitrogen and oxygen atoms in total. The Bertz CT molecular complexity index is 591. The van der Waals surface area contributed by atoms with Crippen molar-refractivity contribution in [2.24, 2.45) is 5.73 Å². The van der Waals surface area contributed by atoms with Crippen LogP contribution in [0.2, 0.25) is 0 Å². The van der Waals surface area contributed by atoms with E-state index in [4.69, 9.17) is 33.3 Å². The minimum Gasteiger partial charge on any atom is -0.481 e. The standard InChI is InChI=1S/C11H13NO5.H2O4S/c12-5-4-8-2-1-3-9(6-8)16-17-11(15)7-10(13)14;1-5(2,3)4/h1-3,6H,4-5,7,12H2,(H,13,14);(H2,1,2,3,4). The third-order valence-electron chi connectivity index (χ3n) is 1.86. The van der Waals surface area contributed by atoms with E-state index in [1.807, 2.05) is 6.07 Å². The highest BCUT2D eigenvalue weighted by Crippen LogP contribution is 2.14. The van der Waals surface area contributed by atoms with Gasteiger partial charge in [-0.25, -0.2) is 9.68 Å². The van der Waals surface area contributed by atoms with Gasteiger partial charge in [-0.15, -0.1) is 0 Å². The fourth-order valence-corrected chi connectivity index (χ4v) is 1.17. The maximum atomic E-state index is 10.9. The summed E-state index contributed by atoms with van der Waals surface area (Å²) in [6.45, 7) is 0.502. The van der Waals surface area contributed by atoms with Gasteiger partial charge in [-0.05, 0) is 30.7 Å². The number of carbonyl (C=O) groups excluding carboxylic acids is 1. The SMILES string of the molecule is NCCc1cccc(OOC(=O)CC(=O)O)c1.O=S(=O)(O)O. The second-order valence-corrected chi connectivity index (χ2v) is 4.64. The number of nitrogens with two attached hydrogens (primary N) is 1. The molecule has 11 heteroatoms. The molecule has 0 atom stereocenters. The van der Waals surface area contributed by atoms with Gasteiger partial charge in [0.05, 0.1) is 0 Å². The number of carboxylic acid groups (broad SMARTS) is 1. The van der Waals surface area contributed by atoms with Crippen molar-refractivity contribution in [3.8, 4) is 5.75 Å². The Morgan fingerprint density at radius 3 is 2.32 bits per heavy atom. The van der Waals surface area contributed by atoms with Crippen LogP contribution in [0.15, 0.2) is 24.3 Å². The number of carboxylic acids is 1. The zero-order chi connectivity index (χ0) is 17.2. The summed E-state index contributed by atoms with van der Waals surface area (Å²) in [5.41, 5.74) is 6.34. The predicted octanol–water partition coefficient (Wildman–Crippen LogP) is -0.153. The van der Waals surface area contributed by atoms with Crippen molar-refractivity contribution in [1.82, 2.24) is 0 Å². The first kappa shape index (κ1) is 19.8. The first-order chi connectivity index (χ1) is 10.1. The van der Waals surface area contributed by atoms with Crippen LogP contribution in [-0.4, -0.2) is 41.1 Å². The Hall–Kier alpha value is -2.21. The molecule has 0 heterocycles. The molecule has 0 saturated heterocycles. The Kier molecular flexibility index (Phi) is 8.70. The number of aliphatic carboxylic acids is 1. The molecule has 1 rings (SSSR count). The molecule has 1 aromatic carbocycles. The molecule has 0 aliphatic heterocycles. The Morgan fingerprint density at radius 2 is 1.82 bits per heavy atom. The summed E-state index contributed by atoms with van der Waals surface area (Å²) < 4.78 is 31.6. The molecule has 124 valence electrons. The van der Waals surface area contributed by atoms with Crippen molar-refractivity contribution in [3.63, 3.8) is 0 Å². The maximum absolute atomic E-state index is 10.9. The molecule has 0 fully saturated rings. The van der Waals surface area contributed by atoms with E-state index >= 15 is 0 Å². The van der Waals surface area contributed by atoms with Crippen LogP contribution in [0.25, 0.3) is 0 Å². The second-order valence-electron chi connectivity index (χ2n) is 3.74. The Morgan fingerprint density at radius 1 is 1.23 bits per heavy atom. The summed E-state index contributed by atoms with van der Waals surface area (Å²) in [5.74, 6) is -1.90. The van der Waals surface area contributed by atoms with Crippen LogP contribution in [0.1, 0.15) is 12.0 Å². The van der Waals surface area contributed by atoms with Gasteiger partial charge in [0.15, 0.2) is 5.75 Å². The van der Waals surface area contributed by atoms with Crippen molar-refractivity contribution in [2.45, 2.75) is 12.8 Å². The molecule has 0 unspecified atom stereocenters. The van der Waals surface area contributed by atoms with Crippen LogP contribution in [-0.2, 0) is 31.3 Å². The highest BCUT2D eigenvalue weighted by Gasteiger charge is 2.10. The molecule has 22 heavy (non-hydrogen) atoms. The zero-order valence-electron chi connectivity index (χ0n) is 11.2. The van der Waals surface area contributed by atoms with Gasteiger partial charge >= 0.3 is 22.3 Å². The van der Waals surface area contributed by atoms with Gasteiger partial charge in [0, 0.05) is 0 Å². The largest absolute Gasteiger partial charge is 0.481 e. The smallest absolute Gasteiger partial charge is 0.394 e. The third kappa shape index (κ3) is 12.8. The van der Waals surface area contributed by atoms with E-state index in [9.17, 15) is 9.59 Å². The average Bonchev–Trinajstić information content (AvgIpc) is 2.34. The van der Waals surface area contributed by atoms with Gasteiger partial charge in [0.1, 0.15) is 6.42 Å². The zero-order valence-corrected chi connectivity index (χ0v) is 12.0. The van der Waals surface area contributed by atoms with Gasteiger partial charge in [-0.3, -0.25) is 18.8 Å². The molecule has 0 radical (unpaired) electrons. The van der Waals surface area contributed by atoms with Crippen molar-refractivity contribution in [3.05, 3.63) is 29.8 Å². The quantitative estimate of drug-likeness (QED) is 0.236. The van der Waals surface area contributed by atoms with Crippen LogP contribution in [0.4, 0.5) is 0 Å². The van der Waals surface area contributed by atoms with Crippen LogP contribution in [0.5, 0.6) is 5.75 Å². The van der Waals surface area contributed by atoms with Crippen molar-refractivity contribution in [1.29, 1.82) is 0 Å². The molecule has 0 aromatic heterocycles. The summed E-state index contributed by atoms with van der Waals surface area (Å²) in [6, 6.07) is 6.85. The van der Waals surface area contributed by atoms with Gasteiger partial charge < -0.3 is 10.8 Å². The summed E-state index contributed by atoms with van der Waals surface area (Å²) in [4.78, 5) is 30.1. The normalized spacial score (nSPS) is 10.1. The van der Waals surface area contributed by atoms with E-state index in [1.165, 1.54) is 0 Å². The van der Waals surface area contributed by atoms with Crippen LogP contribution in [0.3, 0.4) is 0 Å². The lowest BCUT2D eigenvalue weighted by molar-refractivity contribution is -0.214. The lowest BCUT2D eigenvalue weighted by Gasteiger charge is -2.05. The molecule has 0 aliphatic carbocycles. The Balaban J connectivity index is 0.000000763. The predicted molar refractivity (Wildman–Crippen MR) is 72.4 cm³/mol. The van der Waals surface area contributed by atoms with E-state index in [1.54, 1.807) is 18.2 Å².